The molecule has 12 heteroatoms. The molecular formula is C22H41O11P. The van der Waals surface area contributed by atoms with Gasteiger partial charge >= 0.3 is 13.6 Å². The van der Waals surface area contributed by atoms with Crippen molar-refractivity contribution in [1.82, 2.24) is 0 Å². The number of carbonyl (C=O) groups is 1. The molecule has 0 aromatic heterocycles. The molecule has 0 bridgehead atoms. The second-order valence-electron chi connectivity index (χ2n) is 10.9. The number of ether oxygens (including phenoxy) is 4. The summed E-state index contributed by atoms with van der Waals surface area (Å²) in [6, 6.07) is 0. The van der Waals surface area contributed by atoms with Crippen LogP contribution in [0.15, 0.2) is 0 Å². The Morgan fingerprint density at radius 2 is 1.38 bits per heavy atom. The van der Waals surface area contributed by atoms with Crippen molar-refractivity contribution in [3.8, 4) is 0 Å². The second kappa shape index (κ2) is 11.2. The van der Waals surface area contributed by atoms with Gasteiger partial charge in [-0.25, -0.2) is 0 Å². The van der Waals surface area contributed by atoms with E-state index in [2.05, 4.69) is 0 Å². The zero-order valence-corrected chi connectivity index (χ0v) is 22.2. The van der Waals surface area contributed by atoms with Gasteiger partial charge in [-0.3, -0.25) is 13.9 Å². The first kappa shape index (κ1) is 29.6. The fourth-order valence-electron chi connectivity index (χ4n) is 3.78. The summed E-state index contributed by atoms with van der Waals surface area (Å²) in [5.74, 6) is -1.39. The van der Waals surface area contributed by atoms with E-state index in [1.54, 1.807) is 13.8 Å². The van der Waals surface area contributed by atoms with Gasteiger partial charge in [0, 0.05) is 0 Å². The molecule has 11 nitrogen and oxygen atoms in total. The molecule has 9 atom stereocenters. The van der Waals surface area contributed by atoms with Crippen LogP contribution < -0.4 is 0 Å². The molecule has 0 aromatic carbocycles. The van der Waals surface area contributed by atoms with Gasteiger partial charge in [0.15, 0.2) is 0 Å². The minimum Gasteiger partial charge on any atom is -0.481 e. The lowest BCUT2D eigenvalue weighted by atomic mass is 10.1. The van der Waals surface area contributed by atoms with E-state index in [1.807, 2.05) is 41.5 Å². The zero-order valence-electron chi connectivity index (χ0n) is 21.3. The summed E-state index contributed by atoms with van der Waals surface area (Å²) in [6.07, 6.45) is -7.73. The maximum absolute atomic E-state index is 13.5. The summed E-state index contributed by atoms with van der Waals surface area (Å²) >= 11 is 0. The van der Waals surface area contributed by atoms with Crippen LogP contribution in [-0.2, 0) is 37.4 Å². The highest BCUT2D eigenvalue weighted by atomic mass is 31.2. The first-order valence-corrected chi connectivity index (χ1v) is 13.3. The minimum atomic E-state index is -4.27. The van der Waals surface area contributed by atoms with E-state index in [0.717, 1.165) is 0 Å². The monoisotopic (exact) mass is 512 g/mol. The van der Waals surface area contributed by atoms with Crippen molar-refractivity contribution < 1.29 is 52.7 Å². The predicted octanol–water partition coefficient (Wildman–Crippen LogP) is 1.96. The first-order chi connectivity index (χ1) is 15.4. The molecule has 2 fully saturated rings. The topological polar surface area (TPSA) is 150 Å². The fraction of sp³-hybridized carbons (Fsp3) is 0.955. The van der Waals surface area contributed by atoms with Crippen LogP contribution in [0.2, 0.25) is 0 Å². The Morgan fingerprint density at radius 3 is 1.85 bits per heavy atom. The van der Waals surface area contributed by atoms with Crippen molar-refractivity contribution in [2.45, 2.75) is 115 Å². The quantitative estimate of drug-likeness (QED) is 0.369. The van der Waals surface area contributed by atoms with Crippen molar-refractivity contribution in [3.05, 3.63) is 0 Å². The number of carboxylic acid groups (broad SMARTS) is 1. The molecule has 0 aromatic rings. The molecule has 3 unspecified atom stereocenters. The average molecular weight is 513 g/mol. The Balaban J connectivity index is 2.16. The lowest BCUT2D eigenvalue weighted by Crippen LogP contribution is -2.42. The van der Waals surface area contributed by atoms with Gasteiger partial charge in [-0.1, -0.05) is 0 Å². The van der Waals surface area contributed by atoms with Gasteiger partial charge in [0.2, 0.25) is 0 Å². The van der Waals surface area contributed by atoms with E-state index < -0.39 is 79.8 Å². The van der Waals surface area contributed by atoms with E-state index >= 15 is 0 Å². The molecule has 0 spiro atoms. The van der Waals surface area contributed by atoms with E-state index in [9.17, 15) is 24.7 Å². The number of hydrogen-bond donors (Lipinski definition) is 3. The Bertz CT molecular complexity index is 731. The summed E-state index contributed by atoms with van der Waals surface area (Å²) in [6.45, 7) is 14.0. The molecule has 2 aliphatic heterocycles. The van der Waals surface area contributed by atoms with Crippen LogP contribution in [-0.4, -0.2) is 101 Å². The molecule has 3 N–H and O–H groups in total. The lowest BCUT2D eigenvalue weighted by molar-refractivity contribution is -0.134. The highest BCUT2D eigenvalue weighted by Crippen LogP contribution is 2.52. The number of aliphatic hydroxyl groups excluding tert-OH is 2. The van der Waals surface area contributed by atoms with Crippen LogP contribution in [0.5, 0.6) is 0 Å². The molecule has 200 valence electrons. The average Bonchev–Trinajstić information content (AvgIpc) is 3.07. The first-order valence-electron chi connectivity index (χ1n) is 11.5. The normalized spacial score (nSPS) is 36.5. The lowest BCUT2D eigenvalue weighted by Gasteiger charge is -2.31. The third-order valence-electron chi connectivity index (χ3n) is 5.36. The minimum absolute atomic E-state index is 0.0412. The summed E-state index contributed by atoms with van der Waals surface area (Å²) in [5, 5.41) is 30.4. The van der Waals surface area contributed by atoms with Gasteiger partial charge in [0.1, 0.15) is 42.8 Å². The number of rotatable bonds is 10. The van der Waals surface area contributed by atoms with Gasteiger partial charge in [0.05, 0.1) is 36.6 Å². The smallest absolute Gasteiger partial charge is 0.342 e. The van der Waals surface area contributed by atoms with E-state index in [1.165, 1.54) is 0 Å². The standard InChI is InChI=1S/C22H41O11P/c1-12-17(25)19(32-22(6,7)8)15(31-12)10-29-34(27,11-16(23)24)33-20-14(9-28-21(3,4)5)30-13(2)18(20)26/h12-15,17-20,25-26H,9-11H2,1-8H3,(H,23,24)/t12-,13-,14+,15+,17+,18+,19?,20?,34?/m0/s1. The Labute approximate surface area is 201 Å². The van der Waals surface area contributed by atoms with Gasteiger partial charge in [-0.15, -0.1) is 0 Å². The summed E-state index contributed by atoms with van der Waals surface area (Å²) < 4.78 is 47.8. The summed E-state index contributed by atoms with van der Waals surface area (Å²) in [4.78, 5) is 11.5. The highest BCUT2D eigenvalue weighted by Gasteiger charge is 2.49. The number of carboxylic acids is 1. The van der Waals surface area contributed by atoms with Crippen LogP contribution >= 0.6 is 7.60 Å². The van der Waals surface area contributed by atoms with E-state index in [-0.39, 0.29) is 13.2 Å². The van der Waals surface area contributed by atoms with Crippen LogP contribution in [0.3, 0.4) is 0 Å². The van der Waals surface area contributed by atoms with Crippen LogP contribution in [0.4, 0.5) is 0 Å². The zero-order chi connectivity index (χ0) is 26.1. The number of aliphatic carboxylic acids is 1. The van der Waals surface area contributed by atoms with Crippen molar-refractivity contribution >= 4 is 13.6 Å². The van der Waals surface area contributed by atoms with Crippen LogP contribution in [0.25, 0.3) is 0 Å². The Morgan fingerprint density at radius 1 is 0.882 bits per heavy atom. The maximum Gasteiger partial charge on any atom is 0.342 e. The molecule has 2 saturated heterocycles. The number of hydrogen-bond acceptors (Lipinski definition) is 10. The largest absolute Gasteiger partial charge is 0.481 e. The molecule has 2 aliphatic rings. The second-order valence-corrected chi connectivity index (χ2v) is 12.9. The van der Waals surface area contributed by atoms with Crippen LogP contribution in [0, 0.1) is 0 Å². The summed E-state index contributed by atoms with van der Waals surface area (Å²) in [7, 11) is -4.27. The van der Waals surface area contributed by atoms with E-state index in [0.29, 0.717) is 0 Å². The third-order valence-corrected chi connectivity index (χ3v) is 7.13. The fourth-order valence-corrected chi connectivity index (χ4v) is 5.34. The van der Waals surface area contributed by atoms with Crippen molar-refractivity contribution in [1.29, 1.82) is 0 Å². The van der Waals surface area contributed by atoms with Crippen LogP contribution in [0.1, 0.15) is 55.4 Å². The predicted molar refractivity (Wildman–Crippen MR) is 122 cm³/mol. The van der Waals surface area contributed by atoms with Crippen molar-refractivity contribution in [2.24, 2.45) is 0 Å². The molecule has 0 saturated carbocycles. The van der Waals surface area contributed by atoms with Crippen molar-refractivity contribution in [3.63, 3.8) is 0 Å². The highest BCUT2D eigenvalue weighted by molar-refractivity contribution is 7.54. The number of aliphatic hydroxyl groups is 2. The summed E-state index contributed by atoms with van der Waals surface area (Å²) in [5.41, 5.74) is -1.09. The molecule has 2 heterocycles. The van der Waals surface area contributed by atoms with Gasteiger partial charge in [-0.2, -0.15) is 0 Å². The molecule has 0 amide bonds. The molecule has 2 rings (SSSR count). The third kappa shape index (κ3) is 8.50. The SMILES string of the molecule is C[C@@H]1O[C@H](COP(=O)(CC(=O)O)OC2[C@@H](COC(C)(C)C)O[C@@H](C)[C@H]2O)C(OC(C)(C)C)[C@@H]1O. The molecular weight excluding hydrogens is 471 g/mol. The molecule has 34 heavy (non-hydrogen) atoms. The molecule has 0 radical (unpaired) electrons. The Kier molecular flexibility index (Phi) is 9.74. The van der Waals surface area contributed by atoms with Gasteiger partial charge < -0.3 is 38.8 Å². The van der Waals surface area contributed by atoms with Gasteiger partial charge in [-0.05, 0) is 55.4 Å². The maximum atomic E-state index is 13.5. The molecule has 0 aliphatic carbocycles. The van der Waals surface area contributed by atoms with Crippen molar-refractivity contribution in [2.75, 3.05) is 19.4 Å². The van der Waals surface area contributed by atoms with E-state index in [4.69, 9.17) is 28.0 Å². The van der Waals surface area contributed by atoms with Gasteiger partial charge in [0.25, 0.3) is 0 Å². The Hall–Kier alpha value is -0.620.